The van der Waals surface area contributed by atoms with Crippen molar-refractivity contribution in [2.45, 2.75) is 19.0 Å². The average Bonchev–Trinajstić information content (AvgIpc) is 2.70. The highest BCUT2D eigenvalue weighted by Gasteiger charge is 2.44. The number of rotatable bonds is 5. The number of likely N-dealkylation sites (tertiary alicyclic amines) is 1. The van der Waals surface area contributed by atoms with Gasteiger partial charge in [0.25, 0.3) is 0 Å². The van der Waals surface area contributed by atoms with Gasteiger partial charge in [-0.3, -0.25) is 4.79 Å². The normalized spacial score (nSPS) is 20.9. The molecule has 1 fully saturated rings. The molecular weight excluding hydrogens is 235 g/mol. The molecule has 1 aliphatic rings. The molecule has 1 unspecified atom stereocenters. The summed E-state index contributed by atoms with van der Waals surface area (Å²) in [7, 11) is 0. The maximum absolute atomic E-state index is 12.2. The number of carbonyl (C=O) groups excluding carboxylic acids is 1. The molecule has 0 spiro atoms. The Hall–Kier alpha value is -0.820. The van der Waals surface area contributed by atoms with Gasteiger partial charge >= 0.3 is 12.1 Å². The number of amides is 1. The van der Waals surface area contributed by atoms with Crippen molar-refractivity contribution in [2.24, 2.45) is 11.7 Å². The summed E-state index contributed by atoms with van der Waals surface area (Å²) in [6.07, 6.45) is -3.28. The highest BCUT2D eigenvalue weighted by molar-refractivity contribution is 5.82. The first-order chi connectivity index (χ1) is 7.95. The van der Waals surface area contributed by atoms with Gasteiger partial charge in [-0.05, 0) is 38.4 Å². The maximum Gasteiger partial charge on any atom is 0.471 e. The molecular formula is C10H18F3N3O. The Balaban J connectivity index is 2.25. The van der Waals surface area contributed by atoms with Crippen LogP contribution in [0.3, 0.4) is 0 Å². The Morgan fingerprint density at radius 1 is 1.47 bits per heavy atom. The first-order valence-corrected chi connectivity index (χ1v) is 5.72. The Labute approximate surface area is 98.3 Å². The molecule has 100 valence electrons. The molecule has 1 atom stereocenters. The standard InChI is InChI=1S/C10H18F3N3O/c11-10(12,13)9(17)16-5-2-8(7-16)6-15-4-1-3-14/h8,15H,1-7,14H2. The number of halogens is 3. The molecule has 4 nitrogen and oxygen atoms in total. The lowest BCUT2D eigenvalue weighted by Crippen LogP contribution is -2.40. The van der Waals surface area contributed by atoms with Crippen LogP contribution in [-0.4, -0.2) is 49.7 Å². The topological polar surface area (TPSA) is 58.4 Å². The number of hydrogen-bond acceptors (Lipinski definition) is 3. The molecule has 0 radical (unpaired) electrons. The van der Waals surface area contributed by atoms with Crippen molar-refractivity contribution in [3.63, 3.8) is 0 Å². The predicted octanol–water partition coefficient (Wildman–Crippen LogP) is 0.336. The lowest BCUT2D eigenvalue weighted by atomic mass is 10.1. The van der Waals surface area contributed by atoms with Crippen LogP contribution in [0.5, 0.6) is 0 Å². The molecule has 0 aromatic rings. The van der Waals surface area contributed by atoms with E-state index in [9.17, 15) is 18.0 Å². The second-order valence-electron chi connectivity index (χ2n) is 4.25. The minimum Gasteiger partial charge on any atom is -0.335 e. The second-order valence-corrected chi connectivity index (χ2v) is 4.25. The zero-order valence-electron chi connectivity index (χ0n) is 9.59. The summed E-state index contributed by atoms with van der Waals surface area (Å²) in [6.45, 7) is 2.38. The Morgan fingerprint density at radius 2 is 2.18 bits per heavy atom. The fourth-order valence-electron chi connectivity index (χ4n) is 1.90. The lowest BCUT2D eigenvalue weighted by molar-refractivity contribution is -0.184. The van der Waals surface area contributed by atoms with Gasteiger partial charge in [0, 0.05) is 13.1 Å². The fourth-order valence-corrected chi connectivity index (χ4v) is 1.90. The van der Waals surface area contributed by atoms with Gasteiger partial charge in [0.1, 0.15) is 0 Å². The van der Waals surface area contributed by atoms with Crippen LogP contribution in [0, 0.1) is 5.92 Å². The van der Waals surface area contributed by atoms with E-state index in [1.54, 1.807) is 0 Å². The number of nitrogens with two attached hydrogens (primary N) is 1. The van der Waals surface area contributed by atoms with Crippen molar-refractivity contribution < 1.29 is 18.0 Å². The third-order valence-electron chi connectivity index (χ3n) is 2.81. The number of carbonyl (C=O) groups is 1. The van der Waals surface area contributed by atoms with E-state index in [1.165, 1.54) is 0 Å². The molecule has 1 heterocycles. The van der Waals surface area contributed by atoms with Crippen molar-refractivity contribution in [2.75, 3.05) is 32.7 Å². The molecule has 1 aliphatic heterocycles. The minimum atomic E-state index is -4.75. The van der Waals surface area contributed by atoms with Crippen LogP contribution in [0.1, 0.15) is 12.8 Å². The number of alkyl halides is 3. The first-order valence-electron chi connectivity index (χ1n) is 5.72. The predicted molar refractivity (Wildman–Crippen MR) is 57.3 cm³/mol. The van der Waals surface area contributed by atoms with Gasteiger partial charge in [-0.15, -0.1) is 0 Å². The Morgan fingerprint density at radius 3 is 2.76 bits per heavy atom. The van der Waals surface area contributed by atoms with Crippen LogP contribution in [0.2, 0.25) is 0 Å². The third kappa shape index (κ3) is 4.51. The molecule has 7 heteroatoms. The summed E-state index contributed by atoms with van der Waals surface area (Å²) in [5.41, 5.74) is 5.31. The summed E-state index contributed by atoms with van der Waals surface area (Å²) in [4.78, 5) is 11.8. The zero-order chi connectivity index (χ0) is 12.9. The molecule has 1 rings (SSSR count). The molecule has 0 saturated carbocycles. The van der Waals surface area contributed by atoms with Crippen molar-refractivity contribution in [3.8, 4) is 0 Å². The molecule has 1 amide bonds. The SMILES string of the molecule is NCCCNCC1CCN(C(=O)C(F)(F)F)C1. The van der Waals surface area contributed by atoms with Crippen LogP contribution in [0.15, 0.2) is 0 Å². The van der Waals surface area contributed by atoms with Crippen LogP contribution in [0.25, 0.3) is 0 Å². The van der Waals surface area contributed by atoms with E-state index in [4.69, 9.17) is 5.73 Å². The summed E-state index contributed by atoms with van der Waals surface area (Å²) in [5, 5.41) is 3.13. The molecule has 17 heavy (non-hydrogen) atoms. The highest BCUT2D eigenvalue weighted by atomic mass is 19.4. The smallest absolute Gasteiger partial charge is 0.335 e. The van der Waals surface area contributed by atoms with Gasteiger partial charge in [-0.25, -0.2) is 0 Å². The molecule has 0 bridgehead atoms. The molecule has 0 aromatic carbocycles. The molecule has 0 aromatic heterocycles. The summed E-state index contributed by atoms with van der Waals surface area (Å²) < 4.78 is 36.5. The van der Waals surface area contributed by atoms with Crippen molar-refractivity contribution in [1.82, 2.24) is 10.2 Å². The Bertz CT molecular complexity index is 258. The van der Waals surface area contributed by atoms with Gasteiger partial charge in [0.2, 0.25) is 0 Å². The van der Waals surface area contributed by atoms with Crippen LogP contribution in [0.4, 0.5) is 13.2 Å². The fraction of sp³-hybridized carbons (Fsp3) is 0.900. The van der Waals surface area contributed by atoms with Crippen LogP contribution < -0.4 is 11.1 Å². The second kappa shape index (κ2) is 6.20. The van der Waals surface area contributed by atoms with E-state index in [1.807, 2.05) is 0 Å². The van der Waals surface area contributed by atoms with Gasteiger partial charge in [-0.1, -0.05) is 0 Å². The number of nitrogens with one attached hydrogen (secondary N) is 1. The largest absolute Gasteiger partial charge is 0.471 e. The molecule has 3 N–H and O–H groups in total. The lowest BCUT2D eigenvalue weighted by Gasteiger charge is -2.18. The van der Waals surface area contributed by atoms with Crippen LogP contribution in [-0.2, 0) is 4.79 Å². The van der Waals surface area contributed by atoms with Gasteiger partial charge in [0.05, 0.1) is 0 Å². The third-order valence-corrected chi connectivity index (χ3v) is 2.81. The quantitative estimate of drug-likeness (QED) is 0.694. The summed E-state index contributed by atoms with van der Waals surface area (Å²) >= 11 is 0. The summed E-state index contributed by atoms with van der Waals surface area (Å²) in [6, 6.07) is 0. The molecule has 0 aliphatic carbocycles. The van der Waals surface area contributed by atoms with Gasteiger partial charge in [0.15, 0.2) is 0 Å². The number of hydrogen-bond donors (Lipinski definition) is 2. The van der Waals surface area contributed by atoms with Crippen molar-refractivity contribution in [3.05, 3.63) is 0 Å². The van der Waals surface area contributed by atoms with Crippen molar-refractivity contribution >= 4 is 5.91 Å². The van der Waals surface area contributed by atoms with E-state index in [0.717, 1.165) is 17.9 Å². The molecule has 1 saturated heterocycles. The number of nitrogens with zero attached hydrogens (tertiary/aromatic N) is 1. The van der Waals surface area contributed by atoms with Crippen molar-refractivity contribution in [1.29, 1.82) is 0 Å². The van der Waals surface area contributed by atoms with Gasteiger partial charge in [-0.2, -0.15) is 13.2 Å². The van der Waals surface area contributed by atoms with E-state index in [0.29, 0.717) is 19.5 Å². The highest BCUT2D eigenvalue weighted by Crippen LogP contribution is 2.23. The van der Waals surface area contributed by atoms with E-state index in [-0.39, 0.29) is 19.0 Å². The zero-order valence-corrected chi connectivity index (χ0v) is 9.59. The maximum atomic E-state index is 12.2. The Kier molecular flexibility index (Phi) is 5.20. The van der Waals surface area contributed by atoms with Gasteiger partial charge < -0.3 is 16.0 Å². The van der Waals surface area contributed by atoms with E-state index < -0.39 is 12.1 Å². The van der Waals surface area contributed by atoms with E-state index in [2.05, 4.69) is 5.32 Å². The first kappa shape index (κ1) is 14.2. The van der Waals surface area contributed by atoms with E-state index >= 15 is 0 Å². The monoisotopic (exact) mass is 253 g/mol. The van der Waals surface area contributed by atoms with Crippen LogP contribution >= 0.6 is 0 Å². The summed E-state index contributed by atoms with van der Waals surface area (Å²) in [5.74, 6) is -1.61. The minimum absolute atomic E-state index is 0.110. The average molecular weight is 253 g/mol.